The lowest BCUT2D eigenvalue weighted by atomic mass is 10.1. The van der Waals surface area contributed by atoms with E-state index >= 15 is 0 Å². The Bertz CT molecular complexity index is 281. The summed E-state index contributed by atoms with van der Waals surface area (Å²) in [5, 5.41) is 13.0. The molecule has 106 valence electrons. The first-order valence-corrected chi connectivity index (χ1v) is 7.68. The zero-order valence-electron chi connectivity index (χ0n) is 11.7. The average molecular weight is 275 g/mol. The third kappa shape index (κ3) is 4.78. The van der Waals surface area contributed by atoms with Gasteiger partial charge in [-0.15, -0.1) is 0 Å². The highest BCUT2D eigenvalue weighted by Gasteiger charge is 2.40. The molecule has 0 aliphatic heterocycles. The SMILES string of the molecule is CCOC(=O)C(C)(CSC(C)C(C)O)NC1CC1. The number of rotatable bonds is 8. The van der Waals surface area contributed by atoms with E-state index in [-0.39, 0.29) is 17.3 Å². The van der Waals surface area contributed by atoms with Crippen LogP contribution in [0.5, 0.6) is 0 Å². The van der Waals surface area contributed by atoms with Crippen LogP contribution in [0.4, 0.5) is 0 Å². The summed E-state index contributed by atoms with van der Waals surface area (Å²) >= 11 is 1.60. The molecule has 0 heterocycles. The molecule has 18 heavy (non-hydrogen) atoms. The molecule has 0 aromatic heterocycles. The van der Waals surface area contributed by atoms with E-state index in [2.05, 4.69) is 5.32 Å². The Labute approximate surface area is 114 Å². The van der Waals surface area contributed by atoms with Crippen molar-refractivity contribution in [1.82, 2.24) is 5.32 Å². The first kappa shape index (κ1) is 15.8. The molecular formula is C13H25NO3S. The molecule has 0 aromatic rings. The molecule has 0 aromatic carbocycles. The van der Waals surface area contributed by atoms with Gasteiger partial charge in [-0.05, 0) is 33.6 Å². The molecule has 1 saturated carbocycles. The summed E-state index contributed by atoms with van der Waals surface area (Å²) in [7, 11) is 0. The Hall–Kier alpha value is -0.260. The number of nitrogens with one attached hydrogen (secondary N) is 1. The zero-order valence-corrected chi connectivity index (χ0v) is 12.5. The highest BCUT2D eigenvalue weighted by Crippen LogP contribution is 2.27. The Balaban J connectivity index is 2.55. The van der Waals surface area contributed by atoms with Gasteiger partial charge < -0.3 is 9.84 Å². The Morgan fingerprint density at radius 1 is 1.56 bits per heavy atom. The van der Waals surface area contributed by atoms with E-state index in [0.717, 1.165) is 12.8 Å². The van der Waals surface area contributed by atoms with Gasteiger partial charge in [0, 0.05) is 17.0 Å². The minimum absolute atomic E-state index is 0.111. The van der Waals surface area contributed by atoms with Crippen molar-refractivity contribution in [3.63, 3.8) is 0 Å². The van der Waals surface area contributed by atoms with Gasteiger partial charge in [0.2, 0.25) is 0 Å². The molecule has 0 saturated heterocycles. The summed E-state index contributed by atoms with van der Waals surface area (Å²) in [5.74, 6) is 0.427. The summed E-state index contributed by atoms with van der Waals surface area (Å²) in [4.78, 5) is 12.1. The molecule has 0 spiro atoms. The number of hydrogen-bond acceptors (Lipinski definition) is 5. The van der Waals surface area contributed by atoms with Crippen LogP contribution in [0.15, 0.2) is 0 Å². The highest BCUT2D eigenvalue weighted by molar-refractivity contribution is 8.00. The van der Waals surface area contributed by atoms with Crippen LogP contribution in [0, 0.1) is 0 Å². The molecular weight excluding hydrogens is 250 g/mol. The van der Waals surface area contributed by atoms with Gasteiger partial charge in [-0.2, -0.15) is 11.8 Å². The number of aliphatic hydroxyl groups is 1. The van der Waals surface area contributed by atoms with Gasteiger partial charge in [0.05, 0.1) is 12.7 Å². The van der Waals surface area contributed by atoms with Crippen LogP contribution in [0.25, 0.3) is 0 Å². The molecule has 2 N–H and O–H groups in total. The number of carbonyl (C=O) groups is 1. The molecule has 4 nitrogen and oxygen atoms in total. The van der Waals surface area contributed by atoms with Crippen molar-refractivity contribution in [2.24, 2.45) is 0 Å². The fraction of sp³-hybridized carbons (Fsp3) is 0.923. The largest absolute Gasteiger partial charge is 0.465 e. The normalized spacial score (nSPS) is 22.1. The van der Waals surface area contributed by atoms with Crippen molar-refractivity contribution < 1.29 is 14.6 Å². The van der Waals surface area contributed by atoms with Crippen molar-refractivity contribution in [1.29, 1.82) is 0 Å². The van der Waals surface area contributed by atoms with Crippen LogP contribution < -0.4 is 5.32 Å². The quantitative estimate of drug-likeness (QED) is 0.658. The van der Waals surface area contributed by atoms with Gasteiger partial charge >= 0.3 is 5.97 Å². The summed E-state index contributed by atoms with van der Waals surface area (Å²) < 4.78 is 5.15. The summed E-state index contributed by atoms with van der Waals surface area (Å²) in [5.41, 5.74) is -0.648. The van der Waals surface area contributed by atoms with Crippen LogP contribution in [-0.2, 0) is 9.53 Å². The molecule has 0 amide bonds. The van der Waals surface area contributed by atoms with Crippen molar-refractivity contribution in [3.05, 3.63) is 0 Å². The van der Waals surface area contributed by atoms with E-state index < -0.39 is 5.54 Å². The fourth-order valence-electron chi connectivity index (χ4n) is 1.57. The number of thioether (sulfide) groups is 1. The molecule has 1 aliphatic rings. The minimum atomic E-state index is -0.648. The van der Waals surface area contributed by atoms with E-state index in [9.17, 15) is 9.90 Å². The monoisotopic (exact) mass is 275 g/mol. The van der Waals surface area contributed by atoms with Crippen LogP contribution in [-0.4, -0.2) is 46.4 Å². The maximum Gasteiger partial charge on any atom is 0.326 e. The second kappa shape index (κ2) is 6.78. The van der Waals surface area contributed by atoms with E-state index in [1.54, 1.807) is 18.7 Å². The van der Waals surface area contributed by atoms with Gasteiger partial charge in [-0.1, -0.05) is 6.92 Å². The molecule has 3 atom stereocenters. The third-order valence-corrected chi connectivity index (χ3v) is 4.80. The maximum absolute atomic E-state index is 12.1. The van der Waals surface area contributed by atoms with E-state index in [0.29, 0.717) is 18.4 Å². The number of hydrogen-bond donors (Lipinski definition) is 2. The Morgan fingerprint density at radius 2 is 2.17 bits per heavy atom. The molecule has 1 fully saturated rings. The first-order valence-electron chi connectivity index (χ1n) is 6.63. The number of carbonyl (C=O) groups excluding carboxylic acids is 1. The van der Waals surface area contributed by atoms with Crippen molar-refractivity contribution in [3.8, 4) is 0 Å². The summed E-state index contributed by atoms with van der Waals surface area (Å²) in [6.45, 7) is 7.86. The van der Waals surface area contributed by atoms with Gasteiger partial charge in [0.1, 0.15) is 5.54 Å². The Morgan fingerprint density at radius 3 is 2.61 bits per heavy atom. The fourth-order valence-corrected chi connectivity index (χ4v) is 2.64. The molecule has 1 rings (SSSR count). The molecule has 0 radical (unpaired) electrons. The number of ether oxygens (including phenoxy) is 1. The van der Waals surface area contributed by atoms with E-state index in [1.807, 2.05) is 20.8 Å². The van der Waals surface area contributed by atoms with E-state index in [4.69, 9.17) is 4.74 Å². The maximum atomic E-state index is 12.1. The molecule has 0 bridgehead atoms. The van der Waals surface area contributed by atoms with Crippen LogP contribution >= 0.6 is 11.8 Å². The lowest BCUT2D eigenvalue weighted by Gasteiger charge is -2.30. The van der Waals surface area contributed by atoms with Crippen molar-refractivity contribution >= 4 is 17.7 Å². The van der Waals surface area contributed by atoms with Crippen molar-refractivity contribution in [2.75, 3.05) is 12.4 Å². The summed E-state index contributed by atoms with van der Waals surface area (Å²) in [6, 6.07) is 0.446. The van der Waals surface area contributed by atoms with Crippen LogP contribution in [0.3, 0.4) is 0 Å². The second-order valence-corrected chi connectivity index (χ2v) is 6.59. The van der Waals surface area contributed by atoms with Gasteiger partial charge in [0.15, 0.2) is 0 Å². The molecule has 5 heteroatoms. The van der Waals surface area contributed by atoms with Crippen LogP contribution in [0.1, 0.15) is 40.5 Å². The first-order chi connectivity index (χ1) is 8.39. The van der Waals surface area contributed by atoms with E-state index in [1.165, 1.54) is 0 Å². The third-order valence-electron chi connectivity index (χ3n) is 3.14. The predicted octanol–water partition coefficient (Wildman–Crippen LogP) is 1.56. The average Bonchev–Trinajstić information content (AvgIpc) is 3.09. The smallest absolute Gasteiger partial charge is 0.326 e. The van der Waals surface area contributed by atoms with Gasteiger partial charge in [0.25, 0.3) is 0 Å². The van der Waals surface area contributed by atoms with Gasteiger partial charge in [-0.25, -0.2) is 0 Å². The Kier molecular flexibility index (Phi) is 5.95. The molecule has 3 unspecified atom stereocenters. The van der Waals surface area contributed by atoms with Gasteiger partial charge in [-0.3, -0.25) is 10.1 Å². The van der Waals surface area contributed by atoms with Crippen molar-refractivity contribution in [2.45, 2.75) is 63.5 Å². The predicted molar refractivity (Wildman–Crippen MR) is 74.8 cm³/mol. The molecule has 1 aliphatic carbocycles. The lowest BCUT2D eigenvalue weighted by molar-refractivity contribution is -0.149. The number of aliphatic hydroxyl groups excluding tert-OH is 1. The minimum Gasteiger partial charge on any atom is -0.465 e. The standard InChI is InChI=1S/C13H25NO3S/c1-5-17-12(16)13(4,14-11-6-7-11)8-18-10(3)9(2)15/h9-11,14-15H,5-8H2,1-4H3. The van der Waals surface area contributed by atoms with Crippen LogP contribution in [0.2, 0.25) is 0 Å². The number of esters is 1. The highest BCUT2D eigenvalue weighted by atomic mass is 32.2. The zero-order chi connectivity index (χ0) is 13.8. The summed E-state index contributed by atoms with van der Waals surface area (Å²) in [6.07, 6.45) is 1.89. The lowest BCUT2D eigenvalue weighted by Crippen LogP contribution is -2.54. The topological polar surface area (TPSA) is 58.6 Å². The second-order valence-electron chi connectivity index (χ2n) is 5.23.